The highest BCUT2D eigenvalue weighted by Gasteiger charge is 2.49. The molecule has 0 fully saturated rings. The van der Waals surface area contributed by atoms with Gasteiger partial charge in [-0.2, -0.15) is 21.6 Å². The van der Waals surface area contributed by atoms with Gasteiger partial charge < -0.3 is 18.4 Å². The second kappa shape index (κ2) is 14.7. The number of nitrogens with zero attached hydrogens (tertiary/aromatic N) is 2. The maximum Gasteiger partial charge on any atom is 0.534 e. The van der Waals surface area contributed by atoms with Crippen LogP contribution < -0.4 is 14.0 Å². The molecule has 0 spiro atoms. The molecule has 10 heteroatoms. The van der Waals surface area contributed by atoms with Gasteiger partial charge in [-0.25, -0.2) is 0 Å². The smallest absolute Gasteiger partial charge is 0.456 e. The van der Waals surface area contributed by atoms with E-state index in [4.69, 9.17) is 8.60 Å². The molecular formula is C52H37F3N2O4S. The zero-order valence-corrected chi connectivity index (χ0v) is 34.3. The average molecular weight is 843 g/mol. The van der Waals surface area contributed by atoms with Crippen molar-refractivity contribution in [3.63, 3.8) is 0 Å². The standard InChI is InChI=1S/C52H37F3N2O4S/c1-51(2)45-22-11-9-20-41(45)43-31-39(24-27-46(43)51)57(37-19-13-16-35(30-37)34-14-5-3-6-15-34)47-33-40(26-29-50(47)61-62(58,59)52(53,54)55)56(36-17-7-4-8-18-36)38-25-28-49-44(32-38)42-21-10-12-23-48(42)60-49/h3-33H,1-2H3. The predicted molar refractivity (Wildman–Crippen MR) is 242 cm³/mol. The summed E-state index contributed by atoms with van der Waals surface area (Å²) in [4.78, 5) is 3.73. The molecule has 8 aromatic carbocycles. The van der Waals surface area contributed by atoms with Crippen molar-refractivity contribution in [2.24, 2.45) is 0 Å². The van der Waals surface area contributed by atoms with E-state index in [9.17, 15) is 21.6 Å². The molecule has 0 N–H and O–H groups in total. The van der Waals surface area contributed by atoms with Crippen LogP contribution in [0.4, 0.5) is 47.3 Å². The molecule has 306 valence electrons. The summed E-state index contributed by atoms with van der Waals surface area (Å²) in [7, 11) is -6.11. The van der Waals surface area contributed by atoms with Crippen molar-refractivity contribution in [3.8, 4) is 28.0 Å². The van der Waals surface area contributed by atoms with Gasteiger partial charge in [0, 0.05) is 44.6 Å². The van der Waals surface area contributed by atoms with Crippen LogP contribution in [0.2, 0.25) is 0 Å². The van der Waals surface area contributed by atoms with E-state index in [1.807, 2.05) is 163 Å². The third-order valence-electron chi connectivity index (χ3n) is 11.6. The van der Waals surface area contributed by atoms with E-state index in [1.54, 1.807) is 17.0 Å². The third kappa shape index (κ3) is 6.64. The second-order valence-corrected chi connectivity index (χ2v) is 17.3. The van der Waals surface area contributed by atoms with Crippen molar-refractivity contribution in [1.82, 2.24) is 0 Å². The van der Waals surface area contributed by atoms with Gasteiger partial charge in [-0.1, -0.05) is 123 Å². The fraction of sp³-hybridized carbons (Fsp3) is 0.0769. The number of fused-ring (bicyclic) bond motifs is 6. The van der Waals surface area contributed by atoms with Crippen LogP contribution in [0.1, 0.15) is 25.0 Å². The van der Waals surface area contributed by atoms with Crippen molar-refractivity contribution in [3.05, 3.63) is 199 Å². The molecule has 0 aliphatic heterocycles. The highest BCUT2D eigenvalue weighted by Crippen LogP contribution is 2.52. The van der Waals surface area contributed by atoms with Gasteiger partial charge >= 0.3 is 15.6 Å². The lowest BCUT2D eigenvalue weighted by Gasteiger charge is -2.31. The Balaban J connectivity index is 1.24. The van der Waals surface area contributed by atoms with Crippen molar-refractivity contribution in [2.75, 3.05) is 9.80 Å². The van der Waals surface area contributed by atoms with Gasteiger partial charge in [-0.3, -0.25) is 0 Å². The van der Waals surface area contributed by atoms with Crippen molar-refractivity contribution in [2.45, 2.75) is 24.8 Å². The summed E-state index contributed by atoms with van der Waals surface area (Å²) in [6.07, 6.45) is 0. The molecule has 0 bridgehead atoms. The lowest BCUT2D eigenvalue weighted by Crippen LogP contribution is -2.28. The molecule has 1 aromatic heterocycles. The van der Waals surface area contributed by atoms with E-state index in [0.717, 1.165) is 61.1 Å². The largest absolute Gasteiger partial charge is 0.534 e. The van der Waals surface area contributed by atoms with Crippen LogP contribution in [0.25, 0.3) is 44.2 Å². The Morgan fingerprint density at radius 2 is 1.08 bits per heavy atom. The summed E-state index contributed by atoms with van der Waals surface area (Å²) in [5, 5.41) is 1.79. The Morgan fingerprint density at radius 3 is 1.87 bits per heavy atom. The molecule has 0 saturated carbocycles. The quantitative estimate of drug-likeness (QED) is 0.107. The Bertz CT molecular complexity index is 3270. The van der Waals surface area contributed by atoms with Crippen molar-refractivity contribution < 1.29 is 30.2 Å². The van der Waals surface area contributed by atoms with Crippen molar-refractivity contribution >= 4 is 66.2 Å². The molecule has 62 heavy (non-hydrogen) atoms. The molecule has 1 aliphatic carbocycles. The van der Waals surface area contributed by atoms with Crippen LogP contribution in [0.3, 0.4) is 0 Å². The Labute approximate surface area is 356 Å². The van der Waals surface area contributed by atoms with Crippen LogP contribution in [0.15, 0.2) is 192 Å². The zero-order chi connectivity index (χ0) is 42.8. The SMILES string of the molecule is CC1(C)c2ccccc2-c2cc(N(c3cccc(-c4ccccc4)c3)c3cc(N(c4ccccc4)c4ccc5oc6ccccc6c5c4)ccc3OS(=O)(=O)C(F)(F)F)ccc21. The van der Waals surface area contributed by atoms with Gasteiger partial charge in [0.25, 0.3) is 0 Å². The molecule has 0 saturated heterocycles. The number of para-hydroxylation sites is 2. The van der Waals surface area contributed by atoms with Crippen LogP contribution >= 0.6 is 0 Å². The van der Waals surface area contributed by atoms with Gasteiger partial charge in [0.2, 0.25) is 0 Å². The van der Waals surface area contributed by atoms with E-state index in [0.29, 0.717) is 22.6 Å². The van der Waals surface area contributed by atoms with Crippen molar-refractivity contribution in [1.29, 1.82) is 0 Å². The topological polar surface area (TPSA) is 63.0 Å². The Hall–Kier alpha value is -7.30. The first-order valence-electron chi connectivity index (χ1n) is 20.0. The minimum absolute atomic E-state index is 0.0572. The highest BCUT2D eigenvalue weighted by atomic mass is 32.2. The number of halogens is 3. The van der Waals surface area contributed by atoms with E-state index in [2.05, 4.69) is 26.0 Å². The van der Waals surface area contributed by atoms with Gasteiger partial charge in [0.15, 0.2) is 5.75 Å². The number of rotatable bonds is 9. The highest BCUT2D eigenvalue weighted by molar-refractivity contribution is 7.88. The second-order valence-electron chi connectivity index (χ2n) is 15.7. The third-order valence-corrected chi connectivity index (χ3v) is 12.6. The minimum atomic E-state index is -6.11. The van der Waals surface area contributed by atoms with E-state index in [-0.39, 0.29) is 11.1 Å². The van der Waals surface area contributed by atoms with E-state index in [1.165, 1.54) is 6.07 Å². The monoisotopic (exact) mass is 842 g/mol. The number of anilines is 6. The Morgan fingerprint density at radius 1 is 0.500 bits per heavy atom. The number of alkyl halides is 3. The molecule has 0 unspecified atom stereocenters. The number of benzene rings is 8. The predicted octanol–water partition coefficient (Wildman–Crippen LogP) is 14.7. The van der Waals surface area contributed by atoms with Gasteiger partial charge in [0.1, 0.15) is 11.2 Å². The van der Waals surface area contributed by atoms with Gasteiger partial charge in [-0.05, 0) is 112 Å². The zero-order valence-electron chi connectivity index (χ0n) is 33.5. The first-order valence-corrected chi connectivity index (χ1v) is 21.4. The van der Waals surface area contributed by atoms with E-state index < -0.39 is 21.4 Å². The fourth-order valence-electron chi connectivity index (χ4n) is 8.66. The normalized spacial score (nSPS) is 13.2. The van der Waals surface area contributed by atoms with Crippen LogP contribution in [-0.2, 0) is 15.5 Å². The van der Waals surface area contributed by atoms with Crippen LogP contribution in [0, 0.1) is 0 Å². The fourth-order valence-corrected chi connectivity index (χ4v) is 9.13. The van der Waals surface area contributed by atoms with Gasteiger partial charge in [0.05, 0.1) is 5.69 Å². The molecule has 0 radical (unpaired) electrons. The number of hydrogen-bond donors (Lipinski definition) is 0. The summed E-state index contributed by atoms with van der Waals surface area (Å²) in [6, 6.07) is 59.1. The maximum atomic E-state index is 14.2. The maximum absolute atomic E-state index is 14.2. The molecule has 6 nitrogen and oxygen atoms in total. The summed E-state index contributed by atoms with van der Waals surface area (Å²) in [5.41, 5.74) is 4.58. The average Bonchev–Trinajstić information content (AvgIpc) is 3.76. The molecule has 1 aliphatic rings. The molecule has 1 heterocycles. The van der Waals surface area contributed by atoms with Crippen LogP contribution in [0.5, 0.6) is 5.75 Å². The minimum Gasteiger partial charge on any atom is -0.456 e. The molecular weight excluding hydrogens is 806 g/mol. The Kier molecular flexibility index (Phi) is 9.22. The lowest BCUT2D eigenvalue weighted by atomic mass is 9.82. The molecule has 10 rings (SSSR count). The van der Waals surface area contributed by atoms with Crippen LogP contribution in [-0.4, -0.2) is 13.9 Å². The number of furan rings is 1. The summed E-state index contributed by atoms with van der Waals surface area (Å²) in [5.74, 6) is -0.512. The summed E-state index contributed by atoms with van der Waals surface area (Å²) in [6.45, 7) is 4.33. The molecule has 9 aromatic rings. The summed E-state index contributed by atoms with van der Waals surface area (Å²) >= 11 is 0. The first kappa shape index (κ1) is 38.9. The number of hydrogen-bond acceptors (Lipinski definition) is 6. The first-order chi connectivity index (χ1) is 29.9. The van der Waals surface area contributed by atoms with E-state index >= 15 is 0 Å². The molecule has 0 atom stereocenters. The lowest BCUT2D eigenvalue weighted by molar-refractivity contribution is -0.0499. The molecule has 0 amide bonds. The summed E-state index contributed by atoms with van der Waals surface area (Å²) < 4.78 is 79.9. The van der Waals surface area contributed by atoms with Gasteiger partial charge in [-0.15, -0.1) is 0 Å².